The van der Waals surface area contributed by atoms with E-state index in [2.05, 4.69) is 20.8 Å². The van der Waals surface area contributed by atoms with Crippen molar-refractivity contribution in [2.24, 2.45) is 23.5 Å². The molecule has 4 atom stereocenters. The van der Waals surface area contributed by atoms with Gasteiger partial charge in [0, 0.05) is 6.61 Å². The summed E-state index contributed by atoms with van der Waals surface area (Å²) in [7, 11) is 0. The van der Waals surface area contributed by atoms with Crippen LogP contribution in [0.1, 0.15) is 66.2 Å². The molecule has 3 N–H and O–H groups in total. The van der Waals surface area contributed by atoms with Crippen LogP contribution in [0.15, 0.2) is 0 Å². The smallest absolute Gasteiger partial charge is 0.323 e. The van der Waals surface area contributed by atoms with E-state index in [1.54, 1.807) is 6.92 Å². The number of ether oxygens (including phenoxy) is 1. The predicted molar refractivity (Wildman–Crippen MR) is 85.2 cm³/mol. The number of rotatable bonds is 8. The van der Waals surface area contributed by atoms with Crippen molar-refractivity contribution in [3.8, 4) is 0 Å². The van der Waals surface area contributed by atoms with Gasteiger partial charge in [-0.05, 0) is 56.8 Å². The van der Waals surface area contributed by atoms with Gasteiger partial charge in [0.05, 0.1) is 6.10 Å². The Hall–Kier alpha value is -0.610. The van der Waals surface area contributed by atoms with E-state index in [4.69, 9.17) is 15.6 Å². The molecule has 0 radical (unpaired) electrons. The third-order valence-corrected chi connectivity index (χ3v) is 4.87. The molecule has 1 saturated carbocycles. The fraction of sp³-hybridized carbons (Fsp3) is 0.941. The average molecular weight is 299 g/mol. The van der Waals surface area contributed by atoms with E-state index in [1.165, 1.54) is 12.8 Å². The van der Waals surface area contributed by atoms with Crippen molar-refractivity contribution in [2.75, 3.05) is 6.61 Å². The van der Waals surface area contributed by atoms with Crippen LogP contribution in [0.3, 0.4) is 0 Å². The Bertz CT molecular complexity index is 328. The third-order valence-electron chi connectivity index (χ3n) is 4.87. The number of carboxylic acids is 1. The van der Waals surface area contributed by atoms with Gasteiger partial charge in [0.1, 0.15) is 5.54 Å². The average Bonchev–Trinajstić information content (AvgIpc) is 2.37. The van der Waals surface area contributed by atoms with E-state index in [0.29, 0.717) is 24.4 Å². The van der Waals surface area contributed by atoms with E-state index < -0.39 is 11.5 Å². The number of carbonyl (C=O) groups is 1. The minimum atomic E-state index is -1.11. The lowest BCUT2D eigenvalue weighted by molar-refractivity contribution is -0.143. The normalized spacial score (nSPS) is 29.3. The lowest BCUT2D eigenvalue weighted by Crippen LogP contribution is -2.44. The molecule has 21 heavy (non-hydrogen) atoms. The summed E-state index contributed by atoms with van der Waals surface area (Å²) >= 11 is 0. The number of carboxylic acid groups (broad SMARTS) is 1. The second-order valence-electron chi connectivity index (χ2n) is 7.42. The van der Waals surface area contributed by atoms with E-state index in [9.17, 15) is 4.79 Å². The minimum Gasteiger partial charge on any atom is -0.480 e. The van der Waals surface area contributed by atoms with Crippen LogP contribution in [0.25, 0.3) is 0 Å². The van der Waals surface area contributed by atoms with Gasteiger partial charge in [-0.2, -0.15) is 0 Å². The molecule has 0 saturated heterocycles. The zero-order valence-electron chi connectivity index (χ0n) is 14.1. The number of nitrogens with two attached hydrogens (primary N) is 1. The van der Waals surface area contributed by atoms with Gasteiger partial charge < -0.3 is 15.6 Å². The number of hydrogen-bond acceptors (Lipinski definition) is 3. The molecule has 0 aliphatic heterocycles. The lowest BCUT2D eigenvalue weighted by Gasteiger charge is -2.37. The summed E-state index contributed by atoms with van der Waals surface area (Å²) < 4.78 is 6.11. The molecule has 0 heterocycles. The van der Waals surface area contributed by atoms with E-state index in [0.717, 1.165) is 31.8 Å². The Morgan fingerprint density at radius 3 is 2.62 bits per heavy atom. The van der Waals surface area contributed by atoms with Crippen molar-refractivity contribution in [2.45, 2.75) is 77.9 Å². The molecule has 0 aromatic carbocycles. The summed E-state index contributed by atoms with van der Waals surface area (Å²) in [5.41, 5.74) is 4.61. The van der Waals surface area contributed by atoms with Crippen LogP contribution >= 0.6 is 0 Å². The maximum Gasteiger partial charge on any atom is 0.323 e. The molecule has 4 nitrogen and oxygen atoms in total. The van der Waals surface area contributed by atoms with E-state index >= 15 is 0 Å². The van der Waals surface area contributed by atoms with Crippen LogP contribution in [0.2, 0.25) is 0 Å². The Morgan fingerprint density at radius 2 is 2.05 bits per heavy atom. The maximum atomic E-state index is 10.9. The molecule has 4 heteroatoms. The van der Waals surface area contributed by atoms with Gasteiger partial charge in [-0.1, -0.05) is 27.2 Å². The summed E-state index contributed by atoms with van der Waals surface area (Å²) in [4.78, 5) is 10.9. The number of unbranched alkanes of at least 4 members (excludes halogenated alkanes) is 1. The first kappa shape index (κ1) is 18.4. The van der Waals surface area contributed by atoms with Gasteiger partial charge in [-0.3, -0.25) is 4.79 Å². The SMILES string of the molecule is CC1CCC(C(C)C)C(OCCCCC(C)(N)C(=O)O)C1. The summed E-state index contributed by atoms with van der Waals surface area (Å²) in [6.07, 6.45) is 6.30. The molecule has 0 spiro atoms. The van der Waals surface area contributed by atoms with Gasteiger partial charge >= 0.3 is 5.97 Å². The molecular weight excluding hydrogens is 266 g/mol. The molecule has 0 aromatic heterocycles. The zero-order chi connectivity index (χ0) is 16.0. The standard InChI is InChI=1S/C17H33NO3/c1-12(2)14-8-7-13(3)11-15(14)21-10-6-5-9-17(4,18)16(19)20/h12-15H,5-11,18H2,1-4H3,(H,19,20). The number of hydrogen-bond donors (Lipinski definition) is 2. The highest BCUT2D eigenvalue weighted by Gasteiger charge is 2.31. The van der Waals surface area contributed by atoms with Crippen molar-refractivity contribution in [3.05, 3.63) is 0 Å². The highest BCUT2D eigenvalue weighted by atomic mass is 16.5. The van der Waals surface area contributed by atoms with Crippen molar-refractivity contribution in [1.29, 1.82) is 0 Å². The van der Waals surface area contributed by atoms with Crippen molar-refractivity contribution >= 4 is 5.97 Å². The van der Waals surface area contributed by atoms with Crippen LogP contribution in [0.5, 0.6) is 0 Å². The molecule has 1 rings (SSSR count). The Kier molecular flexibility index (Phi) is 7.14. The molecule has 1 aliphatic carbocycles. The molecular formula is C17H33NO3. The number of aliphatic carboxylic acids is 1. The highest BCUT2D eigenvalue weighted by molar-refractivity contribution is 5.77. The van der Waals surface area contributed by atoms with Crippen molar-refractivity contribution in [3.63, 3.8) is 0 Å². The Morgan fingerprint density at radius 1 is 1.38 bits per heavy atom. The lowest BCUT2D eigenvalue weighted by atomic mass is 9.75. The summed E-state index contributed by atoms with van der Waals surface area (Å²) in [6.45, 7) is 9.16. The van der Waals surface area contributed by atoms with Crippen LogP contribution in [0, 0.1) is 17.8 Å². The Labute approximate surface area is 129 Å². The van der Waals surface area contributed by atoms with Crippen molar-refractivity contribution < 1.29 is 14.6 Å². The molecule has 0 bridgehead atoms. The second kappa shape index (κ2) is 8.14. The highest BCUT2D eigenvalue weighted by Crippen LogP contribution is 2.35. The van der Waals surface area contributed by atoms with Crippen LogP contribution in [0.4, 0.5) is 0 Å². The molecule has 124 valence electrons. The monoisotopic (exact) mass is 299 g/mol. The topological polar surface area (TPSA) is 72.5 Å². The van der Waals surface area contributed by atoms with Crippen LogP contribution in [-0.2, 0) is 9.53 Å². The summed E-state index contributed by atoms with van der Waals surface area (Å²) in [5, 5.41) is 8.97. The maximum absolute atomic E-state index is 10.9. The zero-order valence-corrected chi connectivity index (χ0v) is 14.1. The molecule has 1 aliphatic rings. The largest absolute Gasteiger partial charge is 0.480 e. The van der Waals surface area contributed by atoms with Gasteiger partial charge in [0.25, 0.3) is 0 Å². The fourth-order valence-electron chi connectivity index (χ4n) is 3.24. The second-order valence-corrected chi connectivity index (χ2v) is 7.42. The van der Waals surface area contributed by atoms with Gasteiger partial charge in [0.15, 0.2) is 0 Å². The summed E-state index contributed by atoms with van der Waals surface area (Å²) in [5.74, 6) is 1.16. The van der Waals surface area contributed by atoms with Crippen LogP contribution < -0.4 is 5.73 Å². The van der Waals surface area contributed by atoms with Gasteiger partial charge in [-0.15, -0.1) is 0 Å². The predicted octanol–water partition coefficient (Wildman–Crippen LogP) is 3.44. The van der Waals surface area contributed by atoms with Gasteiger partial charge in [-0.25, -0.2) is 0 Å². The first-order valence-electron chi connectivity index (χ1n) is 8.38. The third kappa shape index (κ3) is 5.95. The first-order valence-corrected chi connectivity index (χ1v) is 8.38. The van der Waals surface area contributed by atoms with E-state index in [1.807, 2.05) is 0 Å². The first-order chi connectivity index (χ1) is 9.74. The van der Waals surface area contributed by atoms with Gasteiger partial charge in [0.2, 0.25) is 0 Å². The molecule has 0 aromatic rings. The van der Waals surface area contributed by atoms with Crippen molar-refractivity contribution in [1.82, 2.24) is 0 Å². The quantitative estimate of drug-likeness (QED) is 0.673. The summed E-state index contributed by atoms with van der Waals surface area (Å²) in [6, 6.07) is 0. The minimum absolute atomic E-state index is 0.373. The Balaban J connectivity index is 2.28. The molecule has 0 amide bonds. The molecule has 4 unspecified atom stereocenters. The fourth-order valence-corrected chi connectivity index (χ4v) is 3.24. The molecule has 1 fully saturated rings. The van der Waals surface area contributed by atoms with E-state index in [-0.39, 0.29) is 0 Å². The van der Waals surface area contributed by atoms with Crippen LogP contribution in [-0.4, -0.2) is 29.3 Å².